The first-order valence-corrected chi connectivity index (χ1v) is 11.6. The van der Waals surface area contributed by atoms with Gasteiger partial charge in [-0.15, -0.1) is 0 Å². The lowest BCUT2D eigenvalue weighted by molar-refractivity contribution is -0.136. The topological polar surface area (TPSA) is 103 Å². The second-order valence-electron chi connectivity index (χ2n) is 7.63. The molecular weight excluding hydrogens is 464 g/mol. The van der Waals surface area contributed by atoms with Crippen LogP contribution in [0.2, 0.25) is 5.02 Å². The Morgan fingerprint density at radius 2 is 1.79 bits per heavy atom. The molecule has 0 spiro atoms. The van der Waals surface area contributed by atoms with Gasteiger partial charge in [0.05, 0.1) is 16.3 Å². The minimum absolute atomic E-state index is 0.0760. The van der Waals surface area contributed by atoms with Crippen LogP contribution >= 0.6 is 23.4 Å². The van der Waals surface area contributed by atoms with Gasteiger partial charge >= 0.3 is 0 Å². The number of thioether (sulfide) groups is 1. The van der Waals surface area contributed by atoms with Crippen LogP contribution in [0.4, 0.5) is 16.2 Å². The van der Waals surface area contributed by atoms with Crippen molar-refractivity contribution in [2.75, 3.05) is 19.6 Å². The number of halogens is 1. The number of likely N-dealkylation sites (tertiary alicyclic amines) is 1. The molecule has 0 aliphatic carbocycles. The molecule has 2 fully saturated rings. The minimum Gasteiger partial charge on any atom is -0.507 e. The fourth-order valence-electron chi connectivity index (χ4n) is 3.53. The molecule has 3 amide bonds. The molecule has 2 aromatic rings. The SMILES string of the molecule is O=C(CN1C(=O)S/C(=C\c2cc(N=Nc3cccc(Cl)c3)ccc2O)C1=O)N1CCCCC1. The van der Waals surface area contributed by atoms with Gasteiger partial charge in [0.25, 0.3) is 11.1 Å². The van der Waals surface area contributed by atoms with Gasteiger partial charge in [-0.3, -0.25) is 19.3 Å². The van der Waals surface area contributed by atoms with Crippen molar-refractivity contribution in [3.05, 3.63) is 58.0 Å². The number of amides is 3. The molecule has 0 bridgehead atoms. The molecule has 0 radical (unpaired) electrons. The first-order chi connectivity index (χ1) is 15.9. The summed E-state index contributed by atoms with van der Waals surface area (Å²) in [6.45, 7) is 1.02. The van der Waals surface area contributed by atoms with Crippen molar-refractivity contribution in [2.24, 2.45) is 10.2 Å². The van der Waals surface area contributed by atoms with E-state index in [1.165, 1.54) is 12.1 Å². The van der Waals surface area contributed by atoms with E-state index in [0.717, 1.165) is 35.9 Å². The summed E-state index contributed by atoms with van der Waals surface area (Å²) in [5.74, 6) is -0.863. The number of benzene rings is 2. The fraction of sp³-hybridized carbons (Fsp3) is 0.261. The summed E-state index contributed by atoms with van der Waals surface area (Å²) >= 11 is 6.69. The predicted molar refractivity (Wildman–Crippen MR) is 127 cm³/mol. The van der Waals surface area contributed by atoms with Gasteiger partial charge in [-0.05, 0) is 73.5 Å². The summed E-state index contributed by atoms with van der Waals surface area (Å²) in [6.07, 6.45) is 4.36. The maximum atomic E-state index is 12.8. The van der Waals surface area contributed by atoms with Crippen molar-refractivity contribution >= 4 is 57.9 Å². The van der Waals surface area contributed by atoms with E-state index in [9.17, 15) is 19.5 Å². The summed E-state index contributed by atoms with van der Waals surface area (Å²) in [5, 5.41) is 18.5. The molecule has 2 aromatic carbocycles. The number of phenolic OH excluding ortho intramolecular Hbond substituents is 1. The van der Waals surface area contributed by atoms with E-state index >= 15 is 0 Å². The zero-order chi connectivity index (χ0) is 23.4. The lowest BCUT2D eigenvalue weighted by Gasteiger charge is -2.27. The Morgan fingerprint density at radius 3 is 2.52 bits per heavy atom. The van der Waals surface area contributed by atoms with Gasteiger partial charge in [0.15, 0.2) is 0 Å². The standard InChI is InChI=1S/C23H21ClN4O4S/c24-16-5-4-6-17(13-16)25-26-18-7-8-19(29)15(11-18)12-20-22(31)28(23(32)33-20)14-21(30)27-9-2-1-3-10-27/h4-8,11-13,29H,1-3,9-10,14H2/b20-12-,26-25?. The molecule has 0 unspecified atom stereocenters. The van der Waals surface area contributed by atoms with Crippen molar-refractivity contribution < 1.29 is 19.5 Å². The zero-order valence-electron chi connectivity index (χ0n) is 17.6. The first kappa shape index (κ1) is 23.0. The second-order valence-corrected chi connectivity index (χ2v) is 9.06. The molecule has 4 rings (SSSR count). The van der Waals surface area contributed by atoms with Gasteiger partial charge in [-0.25, -0.2) is 0 Å². The monoisotopic (exact) mass is 484 g/mol. The third-order valence-corrected chi connectivity index (χ3v) is 6.41. The summed E-state index contributed by atoms with van der Waals surface area (Å²) in [6, 6.07) is 11.4. The van der Waals surface area contributed by atoms with Crippen LogP contribution in [-0.2, 0) is 9.59 Å². The summed E-state index contributed by atoms with van der Waals surface area (Å²) in [4.78, 5) is 40.5. The molecule has 170 valence electrons. The van der Waals surface area contributed by atoms with E-state index in [1.807, 2.05) is 0 Å². The number of azo groups is 1. The van der Waals surface area contributed by atoms with Gasteiger partial charge in [0.1, 0.15) is 12.3 Å². The van der Waals surface area contributed by atoms with E-state index in [-0.39, 0.29) is 23.1 Å². The summed E-state index contributed by atoms with van der Waals surface area (Å²) in [7, 11) is 0. The molecule has 2 aliphatic rings. The largest absolute Gasteiger partial charge is 0.507 e. The smallest absolute Gasteiger partial charge is 0.294 e. The molecule has 0 aromatic heterocycles. The fourth-order valence-corrected chi connectivity index (χ4v) is 4.54. The van der Waals surface area contributed by atoms with Crippen molar-refractivity contribution in [3.8, 4) is 5.75 Å². The first-order valence-electron chi connectivity index (χ1n) is 10.4. The highest BCUT2D eigenvalue weighted by atomic mass is 35.5. The number of piperidine rings is 1. The average molecular weight is 485 g/mol. The van der Waals surface area contributed by atoms with Gasteiger partial charge in [0, 0.05) is 23.7 Å². The van der Waals surface area contributed by atoms with Gasteiger partial charge in [-0.2, -0.15) is 10.2 Å². The van der Waals surface area contributed by atoms with Gasteiger partial charge < -0.3 is 10.0 Å². The molecule has 2 aliphatic heterocycles. The van der Waals surface area contributed by atoms with Crippen LogP contribution in [0.5, 0.6) is 5.75 Å². The molecule has 33 heavy (non-hydrogen) atoms. The number of aromatic hydroxyl groups is 1. The highest BCUT2D eigenvalue weighted by Gasteiger charge is 2.37. The molecule has 0 saturated carbocycles. The van der Waals surface area contributed by atoms with E-state index in [0.29, 0.717) is 35.1 Å². The van der Waals surface area contributed by atoms with Crippen LogP contribution in [-0.4, -0.2) is 51.6 Å². The van der Waals surface area contributed by atoms with E-state index in [2.05, 4.69) is 10.2 Å². The molecule has 1 N–H and O–H groups in total. The van der Waals surface area contributed by atoms with Crippen LogP contribution in [0.25, 0.3) is 6.08 Å². The van der Waals surface area contributed by atoms with Crippen LogP contribution in [0.1, 0.15) is 24.8 Å². The van der Waals surface area contributed by atoms with E-state index in [1.54, 1.807) is 41.3 Å². The van der Waals surface area contributed by atoms with Crippen LogP contribution in [0.3, 0.4) is 0 Å². The molecule has 10 heteroatoms. The Bertz CT molecular complexity index is 1160. The minimum atomic E-state index is -0.555. The molecular formula is C23H21ClN4O4S. The number of hydrogen-bond acceptors (Lipinski definition) is 7. The molecule has 8 nitrogen and oxygen atoms in total. The highest BCUT2D eigenvalue weighted by molar-refractivity contribution is 8.18. The van der Waals surface area contributed by atoms with Crippen LogP contribution < -0.4 is 0 Å². The number of carbonyl (C=O) groups excluding carboxylic acids is 3. The lowest BCUT2D eigenvalue weighted by Crippen LogP contribution is -2.44. The maximum Gasteiger partial charge on any atom is 0.294 e. The van der Waals surface area contributed by atoms with Gasteiger partial charge in [-0.1, -0.05) is 17.7 Å². The lowest BCUT2D eigenvalue weighted by atomic mass is 10.1. The third-order valence-electron chi connectivity index (χ3n) is 5.26. The zero-order valence-corrected chi connectivity index (χ0v) is 19.2. The van der Waals surface area contributed by atoms with Crippen molar-refractivity contribution in [3.63, 3.8) is 0 Å². The number of carbonyl (C=O) groups is 3. The Morgan fingerprint density at radius 1 is 1.06 bits per heavy atom. The third kappa shape index (κ3) is 5.61. The Hall–Kier alpha value is -3.17. The normalized spacial score (nSPS) is 18.0. The molecule has 2 saturated heterocycles. The van der Waals surface area contributed by atoms with E-state index in [4.69, 9.17) is 11.6 Å². The molecule has 2 heterocycles. The number of nitrogens with zero attached hydrogens (tertiary/aromatic N) is 4. The van der Waals surface area contributed by atoms with Crippen molar-refractivity contribution in [2.45, 2.75) is 19.3 Å². The van der Waals surface area contributed by atoms with Crippen LogP contribution in [0, 0.1) is 0 Å². The predicted octanol–water partition coefficient (Wildman–Crippen LogP) is 5.51. The van der Waals surface area contributed by atoms with E-state index < -0.39 is 11.1 Å². The number of rotatable bonds is 5. The second kappa shape index (κ2) is 10.2. The Labute approximate surface area is 199 Å². The summed E-state index contributed by atoms with van der Waals surface area (Å²) < 4.78 is 0. The highest BCUT2D eigenvalue weighted by Crippen LogP contribution is 2.35. The Kier molecular flexibility index (Phi) is 7.10. The van der Waals surface area contributed by atoms with Crippen molar-refractivity contribution in [1.82, 2.24) is 9.80 Å². The average Bonchev–Trinajstić information content (AvgIpc) is 3.07. The Balaban J connectivity index is 1.50. The van der Waals surface area contributed by atoms with Crippen LogP contribution in [0.15, 0.2) is 57.6 Å². The number of imide groups is 1. The number of phenols is 1. The summed E-state index contributed by atoms with van der Waals surface area (Å²) in [5.41, 5.74) is 1.32. The quantitative estimate of drug-likeness (QED) is 0.445. The number of hydrogen-bond donors (Lipinski definition) is 1. The van der Waals surface area contributed by atoms with Crippen molar-refractivity contribution in [1.29, 1.82) is 0 Å². The maximum absolute atomic E-state index is 12.8. The molecule has 0 atom stereocenters. The van der Waals surface area contributed by atoms with Gasteiger partial charge in [0.2, 0.25) is 5.91 Å².